The minimum absolute atomic E-state index is 0.00498. The summed E-state index contributed by atoms with van der Waals surface area (Å²) in [6, 6.07) is 13.4. The molecule has 3 rings (SSSR count). The predicted molar refractivity (Wildman–Crippen MR) is 87.9 cm³/mol. The van der Waals surface area contributed by atoms with Crippen LogP contribution in [0.2, 0.25) is 0 Å². The lowest BCUT2D eigenvalue weighted by Crippen LogP contribution is -2.32. The molecule has 1 aliphatic rings. The molecule has 0 aromatic heterocycles. The van der Waals surface area contributed by atoms with E-state index in [-0.39, 0.29) is 23.4 Å². The zero-order chi connectivity index (χ0) is 16.2. The molecule has 1 unspecified atom stereocenters. The van der Waals surface area contributed by atoms with Crippen LogP contribution in [0.15, 0.2) is 48.5 Å². The maximum atomic E-state index is 13.8. The van der Waals surface area contributed by atoms with Gasteiger partial charge in [0.25, 0.3) is 0 Å². The molecule has 1 heterocycles. The smallest absolute Gasteiger partial charge is 0.233 e. The first-order chi connectivity index (χ1) is 11.1. The van der Waals surface area contributed by atoms with Crippen LogP contribution in [-0.4, -0.2) is 21.9 Å². The summed E-state index contributed by atoms with van der Waals surface area (Å²) in [5.41, 5.74) is 1.44. The number of nitrogens with zero attached hydrogens (tertiary/aromatic N) is 1. The largest absolute Gasteiger partial charge is 0.326 e. The lowest BCUT2D eigenvalue weighted by Gasteiger charge is -2.24. The molecule has 1 aliphatic heterocycles. The van der Waals surface area contributed by atoms with E-state index in [4.69, 9.17) is 0 Å². The van der Waals surface area contributed by atoms with Gasteiger partial charge in [-0.3, -0.25) is 4.79 Å². The Hall–Kier alpha value is -1.88. The van der Waals surface area contributed by atoms with E-state index in [1.54, 1.807) is 16.7 Å². The third kappa shape index (κ3) is 3.91. The summed E-state index contributed by atoms with van der Waals surface area (Å²) >= 11 is 1.57. The van der Waals surface area contributed by atoms with Crippen molar-refractivity contribution in [3.8, 4) is 0 Å². The highest BCUT2D eigenvalue weighted by Gasteiger charge is 2.31. The van der Waals surface area contributed by atoms with Crippen molar-refractivity contribution in [3.63, 3.8) is 0 Å². The van der Waals surface area contributed by atoms with Crippen LogP contribution in [-0.2, 0) is 17.8 Å². The molecular formula is C18H17F2NOS. The van der Waals surface area contributed by atoms with Gasteiger partial charge in [0.2, 0.25) is 5.91 Å². The second kappa shape index (κ2) is 7.13. The zero-order valence-corrected chi connectivity index (χ0v) is 13.4. The summed E-state index contributed by atoms with van der Waals surface area (Å²) in [6.07, 6.45) is 1.66. The van der Waals surface area contributed by atoms with Gasteiger partial charge in [0.15, 0.2) is 0 Å². The van der Waals surface area contributed by atoms with Crippen molar-refractivity contribution in [1.29, 1.82) is 0 Å². The highest BCUT2D eigenvalue weighted by Crippen LogP contribution is 2.30. The summed E-state index contributed by atoms with van der Waals surface area (Å²) in [5.74, 6) is -0.577. The molecule has 1 amide bonds. The van der Waals surface area contributed by atoms with Gasteiger partial charge in [-0.05, 0) is 36.6 Å². The molecule has 0 radical (unpaired) electrons. The van der Waals surface area contributed by atoms with E-state index >= 15 is 0 Å². The predicted octanol–water partition coefficient (Wildman–Crippen LogP) is 4.00. The normalized spacial score (nSPS) is 17.7. The van der Waals surface area contributed by atoms with Crippen LogP contribution in [0.5, 0.6) is 0 Å². The summed E-state index contributed by atoms with van der Waals surface area (Å²) in [7, 11) is 0. The number of rotatable bonds is 5. The molecule has 120 valence electrons. The fourth-order valence-corrected chi connectivity index (χ4v) is 3.87. The summed E-state index contributed by atoms with van der Waals surface area (Å²) in [6.45, 7) is 0.120. The van der Waals surface area contributed by atoms with E-state index in [0.29, 0.717) is 5.75 Å². The number of hydrogen-bond acceptors (Lipinski definition) is 2. The highest BCUT2D eigenvalue weighted by molar-refractivity contribution is 8.00. The first-order valence-corrected chi connectivity index (χ1v) is 8.57. The Bertz CT molecular complexity index is 693. The van der Waals surface area contributed by atoms with Crippen LogP contribution in [0.1, 0.15) is 17.5 Å². The van der Waals surface area contributed by atoms with Crippen molar-refractivity contribution in [2.24, 2.45) is 0 Å². The first kappa shape index (κ1) is 16.0. The van der Waals surface area contributed by atoms with Crippen LogP contribution >= 0.6 is 11.8 Å². The van der Waals surface area contributed by atoms with Crippen molar-refractivity contribution < 1.29 is 13.6 Å². The van der Waals surface area contributed by atoms with Crippen molar-refractivity contribution in [3.05, 3.63) is 71.3 Å². The Kier molecular flexibility index (Phi) is 4.96. The molecule has 5 heteroatoms. The Balaban J connectivity index is 1.68. The molecule has 0 bridgehead atoms. The van der Waals surface area contributed by atoms with Gasteiger partial charge in [0.05, 0.1) is 11.1 Å². The van der Waals surface area contributed by atoms with Gasteiger partial charge >= 0.3 is 0 Å². The van der Waals surface area contributed by atoms with Gasteiger partial charge in [-0.15, -0.1) is 11.8 Å². The van der Waals surface area contributed by atoms with Crippen LogP contribution in [0.3, 0.4) is 0 Å². The van der Waals surface area contributed by atoms with Gasteiger partial charge in [0, 0.05) is 12.1 Å². The molecule has 23 heavy (non-hydrogen) atoms. The highest BCUT2D eigenvalue weighted by atomic mass is 32.2. The molecule has 2 aromatic rings. The van der Waals surface area contributed by atoms with Crippen molar-refractivity contribution in [2.75, 3.05) is 5.75 Å². The lowest BCUT2D eigenvalue weighted by molar-refractivity contribution is -0.128. The molecule has 0 N–H and O–H groups in total. The van der Waals surface area contributed by atoms with Gasteiger partial charge in [0.1, 0.15) is 11.6 Å². The molecular weight excluding hydrogens is 316 g/mol. The van der Waals surface area contributed by atoms with Crippen LogP contribution in [0.4, 0.5) is 8.78 Å². The molecule has 1 saturated heterocycles. The Morgan fingerprint density at radius 1 is 1.13 bits per heavy atom. The molecule has 2 aromatic carbocycles. The number of benzene rings is 2. The van der Waals surface area contributed by atoms with Crippen LogP contribution in [0.25, 0.3) is 0 Å². The molecule has 0 saturated carbocycles. The van der Waals surface area contributed by atoms with E-state index in [9.17, 15) is 13.6 Å². The van der Waals surface area contributed by atoms with E-state index in [1.807, 2.05) is 18.2 Å². The molecule has 0 spiro atoms. The SMILES string of the molecule is O=C1CSC(CCc2ccccc2)N1Cc1cc(F)ccc1F. The van der Waals surface area contributed by atoms with Gasteiger partial charge < -0.3 is 4.90 Å². The van der Waals surface area contributed by atoms with Crippen LogP contribution in [0, 0.1) is 11.6 Å². The third-order valence-electron chi connectivity index (χ3n) is 3.94. The van der Waals surface area contributed by atoms with Gasteiger partial charge in [-0.1, -0.05) is 30.3 Å². The zero-order valence-electron chi connectivity index (χ0n) is 12.5. The maximum absolute atomic E-state index is 13.8. The van der Waals surface area contributed by atoms with Gasteiger partial charge in [-0.25, -0.2) is 8.78 Å². The number of carbonyl (C=O) groups excluding carboxylic acids is 1. The minimum atomic E-state index is -0.485. The summed E-state index contributed by atoms with van der Waals surface area (Å²) in [5, 5.41) is 0.00498. The van der Waals surface area contributed by atoms with Gasteiger partial charge in [-0.2, -0.15) is 0 Å². The average molecular weight is 333 g/mol. The third-order valence-corrected chi connectivity index (χ3v) is 5.23. The van der Waals surface area contributed by atoms with E-state index in [1.165, 1.54) is 11.6 Å². The molecule has 1 fully saturated rings. The second-order valence-corrected chi connectivity index (χ2v) is 6.71. The first-order valence-electron chi connectivity index (χ1n) is 7.52. The minimum Gasteiger partial charge on any atom is -0.326 e. The average Bonchev–Trinajstić information content (AvgIpc) is 2.90. The molecule has 0 aliphatic carbocycles. The lowest BCUT2D eigenvalue weighted by atomic mass is 10.1. The van der Waals surface area contributed by atoms with E-state index in [2.05, 4.69) is 12.1 Å². The topological polar surface area (TPSA) is 20.3 Å². The monoisotopic (exact) mass is 333 g/mol. The molecule has 2 nitrogen and oxygen atoms in total. The Labute approximate surface area is 138 Å². The number of aryl methyl sites for hydroxylation is 1. The van der Waals surface area contributed by atoms with E-state index in [0.717, 1.165) is 25.0 Å². The summed E-state index contributed by atoms with van der Waals surface area (Å²) in [4.78, 5) is 13.7. The van der Waals surface area contributed by atoms with E-state index < -0.39 is 11.6 Å². The standard InChI is InChI=1S/C18H17F2NOS/c19-15-7-8-16(20)14(10-15)11-21-17(22)12-23-18(21)9-6-13-4-2-1-3-5-13/h1-5,7-8,10,18H,6,9,11-12H2. The number of thioether (sulfide) groups is 1. The summed E-state index contributed by atoms with van der Waals surface area (Å²) < 4.78 is 27.1. The fourth-order valence-electron chi connectivity index (χ4n) is 2.71. The Morgan fingerprint density at radius 3 is 2.70 bits per heavy atom. The van der Waals surface area contributed by atoms with Crippen molar-refractivity contribution in [1.82, 2.24) is 4.90 Å². The quantitative estimate of drug-likeness (QED) is 0.824. The van der Waals surface area contributed by atoms with Crippen LogP contribution < -0.4 is 0 Å². The fraction of sp³-hybridized carbons (Fsp3) is 0.278. The maximum Gasteiger partial charge on any atom is 0.233 e. The van der Waals surface area contributed by atoms with Crippen molar-refractivity contribution in [2.45, 2.75) is 24.8 Å². The second-order valence-electron chi connectivity index (χ2n) is 5.55. The number of hydrogen-bond donors (Lipinski definition) is 0. The number of carbonyl (C=O) groups is 1. The number of halogens is 2. The number of amides is 1. The van der Waals surface area contributed by atoms with Crippen molar-refractivity contribution >= 4 is 17.7 Å². The molecule has 1 atom stereocenters. The Morgan fingerprint density at radius 2 is 1.91 bits per heavy atom.